The molecule has 2 aromatic rings. The van der Waals surface area contributed by atoms with Gasteiger partial charge in [-0.2, -0.15) is 0 Å². The van der Waals surface area contributed by atoms with Crippen LogP contribution in [0, 0.1) is 23.6 Å². The molecule has 1 aliphatic heterocycles. The molecule has 37 heavy (non-hydrogen) atoms. The van der Waals surface area contributed by atoms with Gasteiger partial charge in [0.25, 0.3) is 5.91 Å². The summed E-state index contributed by atoms with van der Waals surface area (Å²) in [4.78, 5) is 50.9. The van der Waals surface area contributed by atoms with E-state index < -0.39 is 47.3 Å². The quantitative estimate of drug-likeness (QED) is 0.215. The van der Waals surface area contributed by atoms with Crippen molar-refractivity contribution in [2.45, 2.75) is 65.0 Å². The predicted molar refractivity (Wildman–Crippen MR) is 135 cm³/mol. The van der Waals surface area contributed by atoms with E-state index in [1.54, 1.807) is 6.07 Å². The highest BCUT2D eigenvalue weighted by molar-refractivity contribution is 6.03. The Morgan fingerprint density at radius 1 is 1.19 bits per heavy atom. The molecule has 0 saturated carbocycles. The van der Waals surface area contributed by atoms with E-state index in [4.69, 9.17) is 10.9 Å². The zero-order chi connectivity index (χ0) is 27.1. The second kappa shape index (κ2) is 12.7. The SMILES string of the molecule is CC(C)C[C@@H](C(=O)NC1Cc2cn(c3ccc(F)cc23)CCCCCCNC1=O)C(C(N)=O)C(=O)NO. The van der Waals surface area contributed by atoms with Crippen molar-refractivity contribution in [3.8, 4) is 0 Å². The van der Waals surface area contributed by atoms with Crippen molar-refractivity contribution in [1.29, 1.82) is 0 Å². The average Bonchev–Trinajstić information content (AvgIpc) is 3.17. The Morgan fingerprint density at radius 3 is 2.59 bits per heavy atom. The van der Waals surface area contributed by atoms with Crippen LogP contribution >= 0.6 is 0 Å². The fraction of sp³-hybridized carbons (Fsp3) is 0.538. The number of aryl methyl sites for hydroxylation is 1. The Balaban J connectivity index is 1.98. The molecular formula is C26H36FN5O5. The average molecular weight is 518 g/mol. The molecule has 2 heterocycles. The number of hydrogen-bond donors (Lipinski definition) is 5. The van der Waals surface area contributed by atoms with Gasteiger partial charge in [0, 0.05) is 36.6 Å². The van der Waals surface area contributed by atoms with Crippen molar-refractivity contribution >= 4 is 34.5 Å². The molecule has 6 N–H and O–H groups in total. The van der Waals surface area contributed by atoms with E-state index in [1.165, 1.54) is 17.6 Å². The molecule has 1 aromatic heterocycles. The summed E-state index contributed by atoms with van der Waals surface area (Å²) < 4.78 is 16.2. The number of nitrogens with zero attached hydrogens (tertiary/aromatic N) is 1. The number of halogens is 1. The Labute approximate surface area is 215 Å². The van der Waals surface area contributed by atoms with Gasteiger partial charge in [-0.1, -0.05) is 26.7 Å². The molecule has 0 saturated heterocycles. The van der Waals surface area contributed by atoms with Crippen LogP contribution in [0.3, 0.4) is 0 Å². The van der Waals surface area contributed by atoms with E-state index in [-0.39, 0.29) is 18.8 Å². The molecule has 3 rings (SSSR count). The lowest BCUT2D eigenvalue weighted by Gasteiger charge is -2.26. The number of carbonyl (C=O) groups is 4. The van der Waals surface area contributed by atoms with Crippen LogP contribution in [0.25, 0.3) is 10.9 Å². The summed E-state index contributed by atoms with van der Waals surface area (Å²) in [5.74, 6) is -6.62. The molecule has 1 aliphatic rings. The summed E-state index contributed by atoms with van der Waals surface area (Å²) in [5.41, 5.74) is 8.35. The smallest absolute Gasteiger partial charge is 0.256 e. The highest BCUT2D eigenvalue weighted by atomic mass is 19.1. The molecule has 0 spiro atoms. The minimum Gasteiger partial charge on any atom is -0.369 e. The van der Waals surface area contributed by atoms with E-state index >= 15 is 0 Å². The van der Waals surface area contributed by atoms with Crippen LogP contribution in [0.1, 0.15) is 51.5 Å². The lowest BCUT2D eigenvalue weighted by Crippen LogP contribution is -2.53. The van der Waals surface area contributed by atoms with Crippen LogP contribution in [0.15, 0.2) is 24.4 Å². The van der Waals surface area contributed by atoms with Gasteiger partial charge in [0.05, 0.1) is 5.92 Å². The monoisotopic (exact) mass is 517 g/mol. The van der Waals surface area contributed by atoms with E-state index in [9.17, 15) is 23.6 Å². The van der Waals surface area contributed by atoms with Crippen LogP contribution < -0.4 is 21.8 Å². The zero-order valence-electron chi connectivity index (χ0n) is 21.3. The second-order valence-corrected chi connectivity index (χ2v) is 10.1. The maximum absolute atomic E-state index is 14.2. The van der Waals surface area contributed by atoms with Gasteiger partial charge in [0.15, 0.2) is 0 Å². The molecule has 10 nitrogen and oxygen atoms in total. The summed E-state index contributed by atoms with van der Waals surface area (Å²) in [6.45, 7) is 4.80. The zero-order valence-corrected chi connectivity index (χ0v) is 21.3. The van der Waals surface area contributed by atoms with Gasteiger partial charge in [-0.05, 0) is 48.9 Å². The predicted octanol–water partition coefficient (Wildman–Crippen LogP) is 1.77. The largest absolute Gasteiger partial charge is 0.369 e. The third-order valence-corrected chi connectivity index (χ3v) is 6.77. The molecule has 3 atom stereocenters. The molecule has 2 bridgehead atoms. The van der Waals surface area contributed by atoms with Gasteiger partial charge in [0.2, 0.25) is 17.7 Å². The Bertz CT molecular complexity index is 1150. The Kier molecular flexibility index (Phi) is 9.62. The maximum atomic E-state index is 14.2. The van der Waals surface area contributed by atoms with E-state index in [1.807, 2.05) is 24.6 Å². The summed E-state index contributed by atoms with van der Waals surface area (Å²) in [6.07, 6.45) is 5.69. The number of aromatic nitrogens is 1. The molecule has 2 unspecified atom stereocenters. The third-order valence-electron chi connectivity index (χ3n) is 6.77. The Morgan fingerprint density at radius 2 is 1.92 bits per heavy atom. The molecule has 1 aromatic carbocycles. The first-order chi connectivity index (χ1) is 17.6. The fourth-order valence-corrected chi connectivity index (χ4v) is 4.98. The van der Waals surface area contributed by atoms with Crippen LogP contribution in [-0.4, -0.2) is 46.0 Å². The molecule has 0 aliphatic carbocycles. The first-order valence-electron chi connectivity index (χ1n) is 12.7. The lowest BCUT2D eigenvalue weighted by molar-refractivity contribution is -0.147. The van der Waals surface area contributed by atoms with Crippen molar-refractivity contribution in [2.24, 2.45) is 23.5 Å². The number of primary amides is 1. The summed E-state index contributed by atoms with van der Waals surface area (Å²) >= 11 is 0. The van der Waals surface area contributed by atoms with Crippen molar-refractivity contribution < 1.29 is 28.8 Å². The number of amides is 4. The number of hydrogen-bond acceptors (Lipinski definition) is 5. The molecule has 4 amide bonds. The molecular weight excluding hydrogens is 481 g/mol. The summed E-state index contributed by atoms with van der Waals surface area (Å²) in [7, 11) is 0. The van der Waals surface area contributed by atoms with Gasteiger partial charge in [-0.3, -0.25) is 24.4 Å². The van der Waals surface area contributed by atoms with Gasteiger partial charge < -0.3 is 20.9 Å². The van der Waals surface area contributed by atoms with Crippen LogP contribution in [0.2, 0.25) is 0 Å². The first-order valence-corrected chi connectivity index (χ1v) is 12.7. The van der Waals surface area contributed by atoms with Crippen molar-refractivity contribution in [3.63, 3.8) is 0 Å². The molecule has 11 heteroatoms. The van der Waals surface area contributed by atoms with Gasteiger partial charge in [-0.15, -0.1) is 0 Å². The number of hydroxylamine groups is 1. The van der Waals surface area contributed by atoms with E-state index in [0.717, 1.165) is 37.7 Å². The number of carbonyl (C=O) groups excluding carboxylic acids is 4. The molecule has 0 fully saturated rings. The number of rotatable bonds is 7. The van der Waals surface area contributed by atoms with E-state index in [2.05, 4.69) is 10.6 Å². The normalized spacial score (nSPS) is 18.6. The fourth-order valence-electron chi connectivity index (χ4n) is 4.98. The molecule has 202 valence electrons. The minimum absolute atomic E-state index is 0.0758. The number of fused-ring (bicyclic) bond motifs is 5. The summed E-state index contributed by atoms with van der Waals surface area (Å²) in [6, 6.07) is 3.47. The highest BCUT2D eigenvalue weighted by Crippen LogP contribution is 2.26. The van der Waals surface area contributed by atoms with Crippen LogP contribution in [0.4, 0.5) is 4.39 Å². The third kappa shape index (κ3) is 7.06. The van der Waals surface area contributed by atoms with E-state index in [0.29, 0.717) is 17.5 Å². The standard InChI is InChI=1S/C26H36FN5O5/c1-15(2)11-19(22(23(28)33)26(36)31-37)24(34)30-20-12-16-14-32(21-8-7-17(27)13-18(16)21)10-6-4-3-5-9-29-25(20)35/h7-8,13-15,19-20,22,37H,3-6,9-12H2,1-2H3,(H2,28,33)(H,29,35)(H,30,34)(H,31,36)/t19-,20?,22?/m1/s1. The molecule has 0 radical (unpaired) electrons. The highest BCUT2D eigenvalue weighted by Gasteiger charge is 2.39. The van der Waals surface area contributed by atoms with Crippen molar-refractivity contribution in [2.75, 3.05) is 6.54 Å². The number of benzene rings is 1. The van der Waals surface area contributed by atoms with Gasteiger partial charge in [-0.25, -0.2) is 9.87 Å². The van der Waals surface area contributed by atoms with Gasteiger partial charge in [0.1, 0.15) is 17.8 Å². The second-order valence-electron chi connectivity index (χ2n) is 10.1. The maximum Gasteiger partial charge on any atom is 0.256 e. The van der Waals surface area contributed by atoms with Crippen LogP contribution in [0.5, 0.6) is 0 Å². The van der Waals surface area contributed by atoms with Crippen LogP contribution in [-0.2, 0) is 32.1 Å². The lowest BCUT2D eigenvalue weighted by atomic mass is 9.83. The van der Waals surface area contributed by atoms with Crippen molar-refractivity contribution in [1.82, 2.24) is 20.7 Å². The minimum atomic E-state index is -1.62. The Hall–Kier alpha value is -3.47. The van der Waals surface area contributed by atoms with Crippen molar-refractivity contribution in [3.05, 3.63) is 35.8 Å². The topological polar surface area (TPSA) is 156 Å². The number of nitrogens with one attached hydrogen (secondary N) is 3. The first kappa shape index (κ1) is 28.1. The summed E-state index contributed by atoms with van der Waals surface area (Å²) in [5, 5.41) is 15.3. The number of nitrogens with two attached hydrogens (primary N) is 1. The van der Waals surface area contributed by atoms with Gasteiger partial charge >= 0.3 is 0 Å².